The molecule has 1 amide bonds. The van der Waals surface area contributed by atoms with Crippen LogP contribution in [0.3, 0.4) is 0 Å². The van der Waals surface area contributed by atoms with Crippen molar-refractivity contribution in [3.8, 4) is 0 Å². The second-order valence-corrected chi connectivity index (χ2v) is 7.28. The molecular weight excluding hydrogens is 342 g/mol. The first kappa shape index (κ1) is 18.9. The maximum absolute atomic E-state index is 12.7. The first-order valence-corrected chi connectivity index (χ1v) is 9.35. The Balaban J connectivity index is 2.66. The van der Waals surface area contributed by atoms with E-state index in [2.05, 4.69) is 16.9 Å². The molecule has 25 heavy (non-hydrogen) atoms. The van der Waals surface area contributed by atoms with E-state index in [0.29, 0.717) is 24.0 Å². The van der Waals surface area contributed by atoms with Crippen molar-refractivity contribution in [3.63, 3.8) is 0 Å². The first-order valence-electron chi connectivity index (χ1n) is 7.91. The Bertz CT molecular complexity index is 960. The molecule has 2 aromatic rings. The van der Waals surface area contributed by atoms with Gasteiger partial charge >= 0.3 is 0 Å². The maximum Gasteiger partial charge on any atom is 0.252 e. The number of H-pyrrole nitrogens is 1. The van der Waals surface area contributed by atoms with Crippen LogP contribution in [0.4, 0.5) is 0 Å². The summed E-state index contributed by atoms with van der Waals surface area (Å²) in [7, 11) is -3.67. The van der Waals surface area contributed by atoms with E-state index < -0.39 is 21.5 Å². The van der Waals surface area contributed by atoms with E-state index in [-0.39, 0.29) is 17.0 Å². The predicted molar refractivity (Wildman–Crippen MR) is 97.2 cm³/mol. The molecule has 2 rings (SSSR count). The van der Waals surface area contributed by atoms with Gasteiger partial charge in [-0.05, 0) is 18.2 Å². The Morgan fingerprint density at radius 3 is 2.56 bits per heavy atom. The summed E-state index contributed by atoms with van der Waals surface area (Å²) in [6.45, 7) is 7.96. The molecule has 1 aromatic carbocycles. The standard InChI is InChI=1S/C17H21N3O4S/c1-4-9-18-17(22)14-11-16(21)19-15-8-7-12(10-13(14)15)25(23,24)20(5-2)6-3/h4,7-8,10-11H,1,5-6,9H2,2-3H3,(H,18,22)(H,19,21). The van der Waals surface area contributed by atoms with Crippen LogP contribution in [-0.2, 0) is 10.0 Å². The number of carbonyl (C=O) groups excluding carboxylic acids is 1. The number of aromatic amines is 1. The number of rotatable bonds is 7. The summed E-state index contributed by atoms with van der Waals surface area (Å²) in [5, 5.41) is 2.97. The zero-order valence-corrected chi connectivity index (χ0v) is 15.0. The quantitative estimate of drug-likeness (QED) is 0.728. The van der Waals surface area contributed by atoms with Gasteiger partial charge in [0, 0.05) is 36.6 Å². The third-order valence-corrected chi connectivity index (χ3v) is 5.86. The number of fused-ring (bicyclic) bond motifs is 1. The molecule has 7 nitrogen and oxygen atoms in total. The van der Waals surface area contributed by atoms with E-state index in [9.17, 15) is 18.0 Å². The van der Waals surface area contributed by atoms with Crippen LogP contribution < -0.4 is 10.9 Å². The van der Waals surface area contributed by atoms with Crippen LogP contribution in [0.2, 0.25) is 0 Å². The van der Waals surface area contributed by atoms with E-state index in [1.807, 2.05) is 0 Å². The molecule has 0 fully saturated rings. The number of hydrogen-bond acceptors (Lipinski definition) is 4. The lowest BCUT2D eigenvalue weighted by atomic mass is 10.1. The van der Waals surface area contributed by atoms with Gasteiger partial charge in [0.1, 0.15) is 0 Å². The number of aromatic nitrogens is 1. The van der Waals surface area contributed by atoms with Crippen molar-refractivity contribution < 1.29 is 13.2 Å². The van der Waals surface area contributed by atoms with Crippen molar-refractivity contribution in [2.45, 2.75) is 18.7 Å². The summed E-state index contributed by atoms with van der Waals surface area (Å²) in [6.07, 6.45) is 1.52. The monoisotopic (exact) mass is 363 g/mol. The van der Waals surface area contributed by atoms with Crippen LogP contribution in [-0.4, -0.2) is 43.2 Å². The fourth-order valence-electron chi connectivity index (χ4n) is 2.55. The molecule has 8 heteroatoms. The molecule has 0 atom stereocenters. The van der Waals surface area contributed by atoms with Crippen molar-refractivity contribution in [3.05, 3.63) is 52.8 Å². The second kappa shape index (κ2) is 7.62. The van der Waals surface area contributed by atoms with Crippen LogP contribution in [0.15, 0.2) is 46.6 Å². The molecule has 1 heterocycles. The van der Waals surface area contributed by atoms with Crippen LogP contribution in [0, 0.1) is 0 Å². The molecule has 0 aliphatic heterocycles. The SMILES string of the molecule is C=CCNC(=O)c1cc(=O)[nH]c2ccc(S(=O)(=O)N(CC)CC)cc12. The van der Waals surface area contributed by atoms with Crippen molar-refractivity contribution in [2.24, 2.45) is 0 Å². The Hall–Kier alpha value is -2.45. The van der Waals surface area contributed by atoms with Crippen LogP contribution in [0.5, 0.6) is 0 Å². The molecule has 0 saturated heterocycles. The van der Waals surface area contributed by atoms with Crippen LogP contribution in [0.1, 0.15) is 24.2 Å². The molecule has 0 aliphatic carbocycles. The van der Waals surface area contributed by atoms with E-state index in [1.54, 1.807) is 13.8 Å². The van der Waals surface area contributed by atoms with Gasteiger partial charge < -0.3 is 10.3 Å². The maximum atomic E-state index is 12.7. The summed E-state index contributed by atoms with van der Waals surface area (Å²) < 4.78 is 26.7. The zero-order valence-electron chi connectivity index (χ0n) is 14.2. The molecule has 0 saturated carbocycles. The lowest BCUT2D eigenvalue weighted by Crippen LogP contribution is -2.30. The number of nitrogens with one attached hydrogen (secondary N) is 2. The average molecular weight is 363 g/mol. The summed E-state index contributed by atoms with van der Waals surface area (Å²) in [6, 6.07) is 5.51. The molecule has 134 valence electrons. The van der Waals surface area contributed by atoms with Gasteiger partial charge in [0.2, 0.25) is 15.6 Å². The highest BCUT2D eigenvalue weighted by Gasteiger charge is 2.23. The fourth-order valence-corrected chi connectivity index (χ4v) is 4.04. The fraction of sp³-hybridized carbons (Fsp3) is 0.294. The summed E-state index contributed by atoms with van der Waals surface area (Å²) in [4.78, 5) is 26.8. The van der Waals surface area contributed by atoms with E-state index in [0.717, 1.165) is 6.07 Å². The number of carbonyl (C=O) groups is 1. The summed E-state index contributed by atoms with van der Waals surface area (Å²) in [5.74, 6) is -0.464. The third kappa shape index (κ3) is 3.80. The van der Waals surface area contributed by atoms with Crippen molar-refractivity contribution >= 4 is 26.8 Å². The Morgan fingerprint density at radius 2 is 1.96 bits per heavy atom. The molecule has 0 radical (unpaired) electrons. The third-order valence-electron chi connectivity index (χ3n) is 3.81. The van der Waals surface area contributed by atoms with Gasteiger partial charge in [-0.1, -0.05) is 19.9 Å². The van der Waals surface area contributed by atoms with E-state index in [4.69, 9.17) is 0 Å². The van der Waals surface area contributed by atoms with Crippen molar-refractivity contribution in [1.29, 1.82) is 0 Å². The number of sulfonamides is 1. The molecule has 0 spiro atoms. The van der Waals surface area contributed by atoms with Crippen molar-refractivity contribution in [2.75, 3.05) is 19.6 Å². The highest BCUT2D eigenvalue weighted by Crippen LogP contribution is 2.22. The van der Waals surface area contributed by atoms with Gasteiger partial charge in [0.05, 0.1) is 10.5 Å². The smallest absolute Gasteiger partial charge is 0.252 e. The van der Waals surface area contributed by atoms with Gasteiger partial charge in [-0.15, -0.1) is 6.58 Å². The van der Waals surface area contributed by atoms with Gasteiger partial charge in [0.15, 0.2) is 0 Å². The molecule has 1 aromatic heterocycles. The minimum atomic E-state index is -3.67. The Morgan fingerprint density at radius 1 is 1.28 bits per heavy atom. The lowest BCUT2D eigenvalue weighted by Gasteiger charge is -2.19. The number of hydrogen-bond donors (Lipinski definition) is 2. The first-order chi connectivity index (χ1) is 11.8. The normalized spacial score (nSPS) is 11.6. The Kier molecular flexibility index (Phi) is 5.76. The minimum absolute atomic E-state index is 0.0773. The number of pyridine rings is 1. The average Bonchev–Trinajstić information content (AvgIpc) is 2.59. The van der Waals surface area contributed by atoms with Crippen molar-refractivity contribution in [1.82, 2.24) is 14.6 Å². The minimum Gasteiger partial charge on any atom is -0.349 e. The molecule has 2 N–H and O–H groups in total. The topological polar surface area (TPSA) is 99.3 Å². The van der Waals surface area contributed by atoms with Gasteiger partial charge in [-0.2, -0.15) is 4.31 Å². The van der Waals surface area contributed by atoms with Crippen LogP contribution in [0.25, 0.3) is 10.9 Å². The second-order valence-electron chi connectivity index (χ2n) is 5.34. The van der Waals surface area contributed by atoms with Gasteiger partial charge in [-0.25, -0.2) is 8.42 Å². The molecular formula is C17H21N3O4S. The molecule has 0 bridgehead atoms. The number of nitrogens with zero attached hydrogens (tertiary/aromatic N) is 1. The largest absolute Gasteiger partial charge is 0.349 e. The van der Waals surface area contributed by atoms with Gasteiger partial charge in [0.25, 0.3) is 5.91 Å². The lowest BCUT2D eigenvalue weighted by molar-refractivity contribution is 0.0959. The van der Waals surface area contributed by atoms with E-state index in [1.165, 1.54) is 28.6 Å². The highest BCUT2D eigenvalue weighted by molar-refractivity contribution is 7.89. The highest BCUT2D eigenvalue weighted by atomic mass is 32.2. The molecule has 0 aliphatic rings. The Labute approximate surface area is 146 Å². The van der Waals surface area contributed by atoms with Crippen LogP contribution >= 0.6 is 0 Å². The zero-order chi connectivity index (χ0) is 18.6. The van der Waals surface area contributed by atoms with E-state index >= 15 is 0 Å². The number of benzene rings is 1. The number of amides is 1. The van der Waals surface area contributed by atoms with Gasteiger partial charge in [-0.3, -0.25) is 9.59 Å². The summed E-state index contributed by atoms with van der Waals surface area (Å²) >= 11 is 0. The molecule has 0 unspecified atom stereocenters. The predicted octanol–water partition coefficient (Wildman–Crippen LogP) is 1.47. The summed E-state index contributed by atoms with van der Waals surface area (Å²) in [5.41, 5.74) is 0.0857.